The van der Waals surface area contributed by atoms with E-state index >= 15 is 0 Å². The van der Waals surface area contributed by atoms with Gasteiger partial charge in [0.05, 0.1) is 11.5 Å². The molecule has 1 heterocycles. The zero-order valence-electron chi connectivity index (χ0n) is 19.1. The van der Waals surface area contributed by atoms with Crippen molar-refractivity contribution in [2.75, 3.05) is 5.73 Å². The maximum Gasteiger partial charge on any atom is 0.306 e. The zero-order valence-corrected chi connectivity index (χ0v) is 19.9. The van der Waals surface area contributed by atoms with Crippen LogP contribution in [0.2, 0.25) is 0 Å². The van der Waals surface area contributed by atoms with E-state index in [2.05, 4.69) is 36.5 Å². The molecule has 4 rings (SSSR count). The summed E-state index contributed by atoms with van der Waals surface area (Å²) in [5, 5.41) is 12.4. The predicted molar refractivity (Wildman–Crippen MR) is 134 cm³/mol. The molecule has 1 aliphatic rings. The van der Waals surface area contributed by atoms with Gasteiger partial charge in [0.1, 0.15) is 0 Å². The summed E-state index contributed by atoms with van der Waals surface area (Å²) in [7, 11) is 0. The Morgan fingerprint density at radius 1 is 1.00 bits per heavy atom. The van der Waals surface area contributed by atoms with Crippen molar-refractivity contribution in [3.63, 3.8) is 0 Å². The number of carboxylic acid groups (broad SMARTS) is 1. The molecule has 0 bridgehead atoms. The summed E-state index contributed by atoms with van der Waals surface area (Å²) >= 11 is 1.66. The fourth-order valence-electron chi connectivity index (χ4n) is 4.75. The van der Waals surface area contributed by atoms with Gasteiger partial charge >= 0.3 is 5.97 Å². The second-order valence-corrected chi connectivity index (χ2v) is 10.3. The van der Waals surface area contributed by atoms with Gasteiger partial charge in [-0.25, -0.2) is 0 Å². The zero-order chi connectivity index (χ0) is 23.5. The van der Waals surface area contributed by atoms with Crippen molar-refractivity contribution in [3.05, 3.63) is 75.0 Å². The molecule has 0 atom stereocenters. The number of carbonyl (C=O) groups is 2. The van der Waals surface area contributed by atoms with Crippen LogP contribution in [-0.4, -0.2) is 23.0 Å². The van der Waals surface area contributed by atoms with E-state index in [-0.39, 0.29) is 17.9 Å². The monoisotopic (exact) mass is 462 g/mol. The normalized spacial score (nSPS) is 18.1. The molecule has 0 unspecified atom stereocenters. The number of hydrogen-bond donors (Lipinski definition) is 3. The van der Waals surface area contributed by atoms with E-state index in [1.54, 1.807) is 11.3 Å². The molecule has 2 aromatic carbocycles. The molecular formula is C27H30N2O3S. The standard InChI is InChI=1S/C27H30N2O3S/c1-16-23(15-18-7-9-19(10-8-18)22-5-3-4-6-24(22)28)25(17(2)33-16)26(30)29-21-13-11-20(12-14-21)27(31)32/h3-10,20-21H,11-15,28H2,1-2H3,(H,29,30)(H,31,32). The second kappa shape index (κ2) is 9.79. The van der Waals surface area contributed by atoms with Crippen molar-refractivity contribution in [2.45, 2.75) is 52.0 Å². The van der Waals surface area contributed by atoms with E-state index in [9.17, 15) is 14.7 Å². The Morgan fingerprint density at radius 3 is 2.30 bits per heavy atom. The average Bonchev–Trinajstić information content (AvgIpc) is 3.07. The van der Waals surface area contributed by atoms with Crippen molar-refractivity contribution >= 4 is 28.9 Å². The van der Waals surface area contributed by atoms with Gasteiger partial charge in [-0.1, -0.05) is 42.5 Å². The van der Waals surface area contributed by atoms with E-state index in [1.807, 2.05) is 31.2 Å². The predicted octanol–water partition coefficient (Wildman–Crippen LogP) is 5.58. The lowest BCUT2D eigenvalue weighted by atomic mass is 9.86. The Morgan fingerprint density at radius 2 is 1.67 bits per heavy atom. The van der Waals surface area contributed by atoms with Gasteiger partial charge in [0.2, 0.25) is 0 Å². The lowest BCUT2D eigenvalue weighted by Crippen LogP contribution is -2.39. The average molecular weight is 463 g/mol. The maximum atomic E-state index is 13.2. The maximum absolute atomic E-state index is 13.2. The highest BCUT2D eigenvalue weighted by Crippen LogP contribution is 2.32. The Kier molecular flexibility index (Phi) is 6.84. The minimum absolute atomic E-state index is 0.0381. The van der Waals surface area contributed by atoms with E-state index in [4.69, 9.17) is 5.73 Å². The van der Waals surface area contributed by atoms with Crippen LogP contribution in [0.3, 0.4) is 0 Å². The molecule has 172 valence electrons. The summed E-state index contributed by atoms with van der Waals surface area (Å²) in [6.07, 6.45) is 3.35. The summed E-state index contributed by atoms with van der Waals surface area (Å²) in [5.74, 6) is -1.06. The number of aliphatic carboxylic acids is 1. The van der Waals surface area contributed by atoms with Crippen LogP contribution < -0.4 is 11.1 Å². The third kappa shape index (κ3) is 5.11. The number of nitrogens with one attached hydrogen (secondary N) is 1. The third-order valence-electron chi connectivity index (χ3n) is 6.63. The lowest BCUT2D eigenvalue weighted by Gasteiger charge is -2.27. The van der Waals surface area contributed by atoms with Gasteiger partial charge in [0.15, 0.2) is 0 Å². The Hall–Kier alpha value is -3.12. The van der Waals surface area contributed by atoms with E-state index in [1.165, 1.54) is 0 Å². The van der Waals surface area contributed by atoms with Gasteiger partial charge in [-0.2, -0.15) is 0 Å². The molecule has 5 nitrogen and oxygen atoms in total. The molecule has 1 fully saturated rings. The van der Waals surface area contributed by atoms with E-state index < -0.39 is 5.97 Å². The number of rotatable bonds is 6. The molecule has 1 saturated carbocycles. The number of anilines is 1. The summed E-state index contributed by atoms with van der Waals surface area (Å²) in [6, 6.07) is 16.2. The first-order chi connectivity index (χ1) is 15.8. The quantitative estimate of drug-likeness (QED) is 0.417. The van der Waals surface area contributed by atoms with Crippen molar-refractivity contribution in [3.8, 4) is 11.1 Å². The lowest BCUT2D eigenvalue weighted by molar-refractivity contribution is -0.142. The van der Waals surface area contributed by atoms with Crippen LogP contribution in [0.4, 0.5) is 5.69 Å². The number of nitrogen functional groups attached to an aromatic ring is 1. The first-order valence-electron chi connectivity index (χ1n) is 11.4. The molecular weight excluding hydrogens is 432 g/mol. The number of carbonyl (C=O) groups excluding carboxylic acids is 1. The molecule has 3 aromatic rings. The van der Waals surface area contributed by atoms with Crippen LogP contribution in [0.1, 0.15) is 56.9 Å². The van der Waals surface area contributed by atoms with Gasteiger partial charge in [-0.15, -0.1) is 11.3 Å². The second-order valence-electron chi connectivity index (χ2n) is 8.89. The molecule has 4 N–H and O–H groups in total. The first-order valence-corrected chi connectivity index (χ1v) is 12.2. The Balaban J connectivity index is 1.49. The van der Waals surface area contributed by atoms with Crippen molar-refractivity contribution in [1.82, 2.24) is 5.32 Å². The van der Waals surface area contributed by atoms with Crippen molar-refractivity contribution < 1.29 is 14.7 Å². The van der Waals surface area contributed by atoms with Crippen LogP contribution in [0.25, 0.3) is 11.1 Å². The number of carboxylic acids is 1. The molecule has 0 aliphatic heterocycles. The van der Waals surface area contributed by atoms with E-state index in [0.717, 1.165) is 43.3 Å². The Labute approximate surface area is 198 Å². The minimum atomic E-state index is -0.729. The minimum Gasteiger partial charge on any atom is -0.481 e. The fourth-order valence-corrected chi connectivity index (χ4v) is 5.82. The highest BCUT2D eigenvalue weighted by molar-refractivity contribution is 7.12. The molecule has 0 saturated heterocycles. The molecule has 6 heteroatoms. The van der Waals surface area contributed by atoms with Crippen LogP contribution >= 0.6 is 11.3 Å². The molecule has 1 aromatic heterocycles. The summed E-state index contributed by atoms with van der Waals surface area (Å²) in [6.45, 7) is 4.07. The number of aryl methyl sites for hydroxylation is 2. The van der Waals surface area contributed by atoms with Gasteiger partial charge in [0, 0.05) is 27.0 Å². The number of para-hydroxylation sites is 1. The largest absolute Gasteiger partial charge is 0.481 e. The Bertz CT molecular complexity index is 1160. The smallest absolute Gasteiger partial charge is 0.306 e. The van der Waals surface area contributed by atoms with Crippen LogP contribution in [0, 0.1) is 19.8 Å². The number of benzene rings is 2. The number of nitrogens with two attached hydrogens (primary N) is 1. The van der Waals surface area contributed by atoms with Gasteiger partial charge in [0.25, 0.3) is 5.91 Å². The fraction of sp³-hybridized carbons (Fsp3) is 0.333. The van der Waals surface area contributed by atoms with Crippen LogP contribution in [-0.2, 0) is 11.2 Å². The first kappa shape index (κ1) is 23.1. The molecule has 1 amide bonds. The summed E-state index contributed by atoms with van der Waals surface area (Å²) in [4.78, 5) is 26.6. The highest BCUT2D eigenvalue weighted by Gasteiger charge is 2.28. The SMILES string of the molecule is Cc1sc(C)c(C(=O)NC2CCC(C(=O)O)CC2)c1Cc1ccc(-c2ccccc2N)cc1. The molecule has 0 radical (unpaired) electrons. The van der Waals surface area contributed by atoms with Crippen molar-refractivity contribution in [2.24, 2.45) is 5.92 Å². The van der Waals surface area contributed by atoms with Gasteiger partial charge in [-0.3, -0.25) is 9.59 Å². The third-order valence-corrected chi connectivity index (χ3v) is 7.69. The van der Waals surface area contributed by atoms with Gasteiger partial charge in [-0.05, 0) is 68.7 Å². The number of thiophene rings is 1. The summed E-state index contributed by atoms with van der Waals surface area (Å²) in [5.41, 5.74) is 12.0. The molecule has 33 heavy (non-hydrogen) atoms. The summed E-state index contributed by atoms with van der Waals surface area (Å²) < 4.78 is 0. The molecule has 1 aliphatic carbocycles. The van der Waals surface area contributed by atoms with Crippen LogP contribution in [0.15, 0.2) is 48.5 Å². The highest BCUT2D eigenvalue weighted by atomic mass is 32.1. The van der Waals surface area contributed by atoms with Crippen LogP contribution in [0.5, 0.6) is 0 Å². The number of amides is 1. The van der Waals surface area contributed by atoms with Gasteiger partial charge < -0.3 is 16.2 Å². The topological polar surface area (TPSA) is 92.4 Å². The molecule has 0 spiro atoms. The van der Waals surface area contributed by atoms with E-state index in [0.29, 0.717) is 32.1 Å². The number of hydrogen-bond acceptors (Lipinski definition) is 4. The van der Waals surface area contributed by atoms with Crippen molar-refractivity contribution in [1.29, 1.82) is 0 Å².